The first-order valence-corrected chi connectivity index (χ1v) is 6.58. The standard InChI is InChI=1S/C15H13Cl2NO/c1-11-7-5-6-10-13(11)15(16,17)18-14(19)12-8-3-2-4-9-12/h2-10H,1H3,(H,18,19). The molecule has 0 spiro atoms. The number of amides is 1. The fourth-order valence-corrected chi connectivity index (χ4v) is 2.39. The van der Waals surface area contributed by atoms with Gasteiger partial charge in [-0.3, -0.25) is 4.79 Å². The molecule has 0 aliphatic carbocycles. The van der Waals surface area contributed by atoms with Gasteiger partial charge in [-0.2, -0.15) is 0 Å². The van der Waals surface area contributed by atoms with Crippen LogP contribution in [-0.4, -0.2) is 5.91 Å². The Balaban J connectivity index is 2.23. The second-order valence-electron chi connectivity index (χ2n) is 4.21. The van der Waals surface area contributed by atoms with Gasteiger partial charge in [-0.25, -0.2) is 0 Å². The lowest BCUT2D eigenvalue weighted by atomic mass is 10.1. The van der Waals surface area contributed by atoms with Gasteiger partial charge in [0, 0.05) is 11.1 Å². The molecule has 0 atom stereocenters. The first kappa shape index (κ1) is 13.9. The zero-order chi connectivity index (χ0) is 13.9. The third-order valence-electron chi connectivity index (χ3n) is 2.79. The van der Waals surface area contributed by atoms with Crippen molar-refractivity contribution in [3.63, 3.8) is 0 Å². The molecule has 0 aromatic heterocycles. The number of alkyl halides is 2. The summed E-state index contributed by atoms with van der Waals surface area (Å²) in [5.41, 5.74) is 2.10. The summed E-state index contributed by atoms with van der Waals surface area (Å²) in [6, 6.07) is 16.2. The Morgan fingerprint density at radius 2 is 1.58 bits per heavy atom. The van der Waals surface area contributed by atoms with Gasteiger partial charge in [0.15, 0.2) is 0 Å². The van der Waals surface area contributed by atoms with Crippen LogP contribution in [0, 0.1) is 6.92 Å². The van der Waals surface area contributed by atoms with Crippen LogP contribution in [0.1, 0.15) is 21.5 Å². The van der Waals surface area contributed by atoms with Crippen molar-refractivity contribution in [2.24, 2.45) is 0 Å². The van der Waals surface area contributed by atoms with E-state index in [1.54, 1.807) is 30.3 Å². The molecule has 0 saturated carbocycles. The van der Waals surface area contributed by atoms with E-state index in [4.69, 9.17) is 23.2 Å². The molecule has 0 aliphatic rings. The number of aryl methyl sites for hydroxylation is 1. The highest BCUT2D eigenvalue weighted by Gasteiger charge is 2.30. The number of rotatable bonds is 3. The molecule has 0 heterocycles. The molecular weight excluding hydrogens is 281 g/mol. The number of hydrogen-bond donors (Lipinski definition) is 1. The Labute approximate surface area is 122 Å². The van der Waals surface area contributed by atoms with Gasteiger partial charge in [0.1, 0.15) is 0 Å². The van der Waals surface area contributed by atoms with Crippen LogP contribution in [0.25, 0.3) is 0 Å². The summed E-state index contributed by atoms with van der Waals surface area (Å²) in [7, 11) is 0. The quantitative estimate of drug-likeness (QED) is 0.672. The zero-order valence-corrected chi connectivity index (χ0v) is 11.9. The second-order valence-corrected chi connectivity index (χ2v) is 5.54. The van der Waals surface area contributed by atoms with Crippen molar-refractivity contribution in [1.29, 1.82) is 0 Å². The molecule has 2 rings (SSSR count). The van der Waals surface area contributed by atoms with E-state index in [0.717, 1.165) is 5.56 Å². The minimum atomic E-state index is -1.45. The molecule has 0 unspecified atom stereocenters. The maximum Gasteiger partial charge on any atom is 0.253 e. The summed E-state index contributed by atoms with van der Waals surface area (Å²) in [6.45, 7) is 1.89. The third kappa shape index (κ3) is 3.28. The molecule has 0 saturated heterocycles. The van der Waals surface area contributed by atoms with Crippen LogP contribution in [0.3, 0.4) is 0 Å². The Kier molecular flexibility index (Phi) is 4.13. The first-order chi connectivity index (χ1) is 9.00. The summed E-state index contributed by atoms with van der Waals surface area (Å²) in [4.78, 5) is 12.1. The lowest BCUT2D eigenvalue weighted by Gasteiger charge is -2.23. The molecule has 19 heavy (non-hydrogen) atoms. The molecule has 2 aromatic carbocycles. The molecule has 0 radical (unpaired) electrons. The van der Waals surface area contributed by atoms with Gasteiger partial charge in [0.25, 0.3) is 5.91 Å². The normalized spacial score (nSPS) is 11.1. The molecular formula is C15H13Cl2NO. The van der Waals surface area contributed by atoms with Gasteiger partial charge < -0.3 is 5.32 Å². The van der Waals surface area contributed by atoms with E-state index in [9.17, 15) is 4.79 Å². The second kappa shape index (κ2) is 5.64. The molecule has 0 bridgehead atoms. The topological polar surface area (TPSA) is 29.1 Å². The number of hydrogen-bond acceptors (Lipinski definition) is 1. The van der Waals surface area contributed by atoms with E-state index >= 15 is 0 Å². The van der Waals surface area contributed by atoms with Crippen LogP contribution >= 0.6 is 23.2 Å². The van der Waals surface area contributed by atoms with Crippen LogP contribution in [0.4, 0.5) is 0 Å². The van der Waals surface area contributed by atoms with E-state index in [1.165, 1.54) is 0 Å². The number of nitrogens with one attached hydrogen (secondary N) is 1. The summed E-state index contributed by atoms with van der Waals surface area (Å²) in [5.74, 6) is -0.311. The predicted molar refractivity (Wildman–Crippen MR) is 78.5 cm³/mol. The summed E-state index contributed by atoms with van der Waals surface area (Å²) in [5, 5.41) is 2.62. The largest absolute Gasteiger partial charge is 0.317 e. The Bertz CT molecular complexity index is 582. The zero-order valence-electron chi connectivity index (χ0n) is 10.4. The van der Waals surface area contributed by atoms with Crippen LogP contribution in [-0.2, 0) is 4.46 Å². The smallest absolute Gasteiger partial charge is 0.253 e. The highest BCUT2D eigenvalue weighted by Crippen LogP contribution is 2.33. The van der Waals surface area contributed by atoms with Gasteiger partial charge >= 0.3 is 0 Å². The summed E-state index contributed by atoms with van der Waals surface area (Å²) < 4.78 is -1.45. The van der Waals surface area contributed by atoms with Crippen molar-refractivity contribution in [2.75, 3.05) is 0 Å². The lowest BCUT2D eigenvalue weighted by molar-refractivity contribution is 0.0942. The fraction of sp³-hybridized carbons (Fsp3) is 0.133. The Morgan fingerprint density at radius 3 is 2.21 bits per heavy atom. The van der Waals surface area contributed by atoms with Gasteiger partial charge in [0.2, 0.25) is 4.46 Å². The molecule has 1 amide bonds. The maximum absolute atomic E-state index is 12.1. The molecule has 0 fully saturated rings. The Hall–Kier alpha value is -1.51. The van der Waals surface area contributed by atoms with Gasteiger partial charge in [-0.05, 0) is 24.6 Å². The monoisotopic (exact) mass is 293 g/mol. The number of carbonyl (C=O) groups excluding carboxylic acids is 1. The van der Waals surface area contributed by atoms with Crippen molar-refractivity contribution in [3.8, 4) is 0 Å². The van der Waals surface area contributed by atoms with Crippen molar-refractivity contribution in [2.45, 2.75) is 11.4 Å². The van der Waals surface area contributed by atoms with Gasteiger partial charge in [-0.15, -0.1) is 0 Å². The van der Waals surface area contributed by atoms with Crippen molar-refractivity contribution < 1.29 is 4.79 Å². The molecule has 0 aliphatic heterocycles. The molecule has 2 aromatic rings. The van der Waals surface area contributed by atoms with E-state index in [2.05, 4.69) is 5.32 Å². The SMILES string of the molecule is Cc1ccccc1C(Cl)(Cl)NC(=O)c1ccccc1. The van der Waals surface area contributed by atoms with Gasteiger partial charge in [-0.1, -0.05) is 65.7 Å². The number of benzene rings is 2. The minimum Gasteiger partial charge on any atom is -0.317 e. The van der Waals surface area contributed by atoms with Gasteiger partial charge in [0.05, 0.1) is 0 Å². The van der Waals surface area contributed by atoms with E-state index in [1.807, 2.05) is 31.2 Å². The molecule has 2 nitrogen and oxygen atoms in total. The third-order valence-corrected chi connectivity index (χ3v) is 3.39. The predicted octanol–water partition coefficient (Wildman–Crippen LogP) is 4.01. The lowest BCUT2D eigenvalue weighted by Crippen LogP contribution is -2.37. The van der Waals surface area contributed by atoms with Crippen LogP contribution < -0.4 is 5.32 Å². The van der Waals surface area contributed by atoms with Crippen molar-refractivity contribution in [1.82, 2.24) is 5.32 Å². The molecule has 98 valence electrons. The average molecular weight is 294 g/mol. The van der Waals surface area contributed by atoms with Crippen LogP contribution in [0.2, 0.25) is 0 Å². The highest BCUT2D eigenvalue weighted by molar-refractivity contribution is 6.48. The van der Waals surface area contributed by atoms with E-state index in [0.29, 0.717) is 11.1 Å². The van der Waals surface area contributed by atoms with E-state index in [-0.39, 0.29) is 5.91 Å². The fourth-order valence-electron chi connectivity index (χ4n) is 1.80. The Morgan fingerprint density at radius 1 is 1.00 bits per heavy atom. The van der Waals surface area contributed by atoms with E-state index < -0.39 is 4.46 Å². The number of carbonyl (C=O) groups is 1. The minimum absolute atomic E-state index is 0.311. The highest BCUT2D eigenvalue weighted by atomic mass is 35.5. The average Bonchev–Trinajstić information content (AvgIpc) is 2.39. The number of halogens is 2. The van der Waals surface area contributed by atoms with Crippen LogP contribution in [0.5, 0.6) is 0 Å². The van der Waals surface area contributed by atoms with Crippen molar-refractivity contribution >= 4 is 29.1 Å². The first-order valence-electron chi connectivity index (χ1n) is 5.82. The van der Waals surface area contributed by atoms with Crippen molar-refractivity contribution in [3.05, 3.63) is 71.3 Å². The van der Waals surface area contributed by atoms with Crippen LogP contribution in [0.15, 0.2) is 54.6 Å². The molecule has 4 heteroatoms. The molecule has 1 N–H and O–H groups in total. The summed E-state index contributed by atoms with van der Waals surface area (Å²) >= 11 is 12.5. The summed E-state index contributed by atoms with van der Waals surface area (Å²) in [6.07, 6.45) is 0. The maximum atomic E-state index is 12.1.